The van der Waals surface area contributed by atoms with Crippen molar-refractivity contribution < 1.29 is 0 Å². The van der Waals surface area contributed by atoms with Gasteiger partial charge in [-0.3, -0.25) is 0 Å². The zero-order valence-corrected chi connectivity index (χ0v) is 12.8. The molecule has 0 atom stereocenters. The van der Waals surface area contributed by atoms with Crippen molar-refractivity contribution in [3.05, 3.63) is 35.4 Å². The summed E-state index contributed by atoms with van der Waals surface area (Å²) in [4.78, 5) is 0. The average Bonchev–Trinajstić information content (AvgIpc) is 2.42. The topological polar surface area (TPSA) is 26.0 Å². The zero-order chi connectivity index (χ0) is 13.9. The summed E-state index contributed by atoms with van der Waals surface area (Å²) in [5.74, 6) is 1.74. The smallest absolute Gasteiger partial charge is 0.00173 e. The lowest BCUT2D eigenvalue weighted by molar-refractivity contribution is 0.132. The highest BCUT2D eigenvalue weighted by atomic mass is 14.6. The monoisotopic (exact) mass is 259 g/mol. The van der Waals surface area contributed by atoms with Crippen molar-refractivity contribution in [2.45, 2.75) is 52.9 Å². The van der Waals surface area contributed by atoms with Crippen LogP contribution in [0, 0.1) is 24.2 Å². The molecule has 0 aromatic heterocycles. The van der Waals surface area contributed by atoms with Crippen LogP contribution in [-0.2, 0) is 6.42 Å². The minimum Gasteiger partial charge on any atom is -0.330 e. The van der Waals surface area contributed by atoms with Crippen LogP contribution in [0.25, 0.3) is 0 Å². The maximum atomic E-state index is 6.14. The Morgan fingerprint density at radius 1 is 1.16 bits per heavy atom. The summed E-state index contributed by atoms with van der Waals surface area (Å²) in [7, 11) is 0. The summed E-state index contributed by atoms with van der Waals surface area (Å²) in [5.41, 5.74) is 9.30. The zero-order valence-electron chi connectivity index (χ0n) is 12.8. The Morgan fingerprint density at radius 3 is 2.21 bits per heavy atom. The summed E-state index contributed by atoms with van der Waals surface area (Å²) in [6, 6.07) is 9.00. The molecule has 0 radical (unpaired) electrons. The molecule has 1 fully saturated rings. The minimum atomic E-state index is 0.362. The van der Waals surface area contributed by atoms with Crippen molar-refractivity contribution in [1.29, 1.82) is 0 Å². The summed E-state index contributed by atoms with van der Waals surface area (Å²) >= 11 is 0. The number of aryl methyl sites for hydroxylation is 1. The van der Waals surface area contributed by atoms with Crippen molar-refractivity contribution >= 4 is 0 Å². The summed E-state index contributed by atoms with van der Waals surface area (Å²) in [6.07, 6.45) is 6.50. The van der Waals surface area contributed by atoms with Gasteiger partial charge >= 0.3 is 0 Å². The van der Waals surface area contributed by atoms with E-state index in [2.05, 4.69) is 45.0 Å². The summed E-state index contributed by atoms with van der Waals surface area (Å²) in [6.45, 7) is 7.71. The van der Waals surface area contributed by atoms with Gasteiger partial charge in [-0.25, -0.2) is 0 Å². The van der Waals surface area contributed by atoms with Crippen molar-refractivity contribution in [2.24, 2.45) is 23.0 Å². The highest BCUT2D eigenvalue weighted by Crippen LogP contribution is 2.42. The van der Waals surface area contributed by atoms with Crippen molar-refractivity contribution in [3.8, 4) is 0 Å². The van der Waals surface area contributed by atoms with Gasteiger partial charge in [0.05, 0.1) is 0 Å². The summed E-state index contributed by atoms with van der Waals surface area (Å²) < 4.78 is 0. The molecule has 0 spiro atoms. The first-order chi connectivity index (χ1) is 9.04. The van der Waals surface area contributed by atoms with Crippen LogP contribution in [0.5, 0.6) is 0 Å². The van der Waals surface area contributed by atoms with Crippen LogP contribution in [0.15, 0.2) is 24.3 Å². The number of rotatable bonds is 4. The second-order valence-corrected chi connectivity index (χ2v) is 6.95. The molecule has 1 heteroatoms. The Bertz CT molecular complexity index is 383. The Kier molecular flexibility index (Phi) is 4.67. The molecule has 19 heavy (non-hydrogen) atoms. The first-order valence-electron chi connectivity index (χ1n) is 7.80. The molecule has 0 aliphatic heterocycles. The predicted octanol–water partition coefficient (Wildman–Crippen LogP) is 4.33. The van der Waals surface area contributed by atoms with E-state index in [1.807, 2.05) is 0 Å². The number of nitrogens with two attached hydrogens (primary N) is 1. The summed E-state index contributed by atoms with van der Waals surface area (Å²) in [5, 5.41) is 0. The third-order valence-electron chi connectivity index (χ3n) is 5.17. The Hall–Kier alpha value is -0.820. The van der Waals surface area contributed by atoms with Gasteiger partial charge in [-0.2, -0.15) is 0 Å². The second-order valence-electron chi connectivity index (χ2n) is 6.95. The highest BCUT2D eigenvalue weighted by molar-refractivity contribution is 5.22. The van der Waals surface area contributed by atoms with Gasteiger partial charge in [-0.1, -0.05) is 43.7 Å². The predicted molar refractivity (Wildman–Crippen MR) is 83.2 cm³/mol. The molecule has 1 aliphatic carbocycles. The maximum Gasteiger partial charge on any atom is -0.00173 e. The van der Waals surface area contributed by atoms with Crippen LogP contribution in [0.1, 0.15) is 50.7 Å². The van der Waals surface area contributed by atoms with Crippen LogP contribution in [0.4, 0.5) is 0 Å². The molecule has 0 heterocycles. The molecular formula is C18H29N. The van der Waals surface area contributed by atoms with Gasteiger partial charge in [-0.05, 0) is 68.4 Å². The first-order valence-corrected chi connectivity index (χ1v) is 7.80. The highest BCUT2D eigenvalue weighted by Gasteiger charge is 2.34. The number of hydrogen-bond donors (Lipinski definition) is 1. The standard InChI is InChI=1S/C18H29N/c1-14(2)17-8-10-18(13-19,11-9-17)12-16-6-4-15(3)5-7-16/h4-7,14,17H,8-13,19H2,1-3H3. The van der Waals surface area contributed by atoms with E-state index >= 15 is 0 Å². The van der Waals surface area contributed by atoms with Gasteiger partial charge < -0.3 is 5.73 Å². The molecule has 0 unspecified atom stereocenters. The lowest BCUT2D eigenvalue weighted by Crippen LogP contribution is -2.37. The van der Waals surface area contributed by atoms with E-state index in [9.17, 15) is 0 Å². The normalized spacial score (nSPS) is 27.7. The van der Waals surface area contributed by atoms with Gasteiger partial charge in [0.25, 0.3) is 0 Å². The van der Waals surface area contributed by atoms with Crippen LogP contribution in [-0.4, -0.2) is 6.54 Å². The SMILES string of the molecule is Cc1ccc(CC2(CN)CCC(C(C)C)CC2)cc1. The molecule has 1 aromatic rings. The number of benzene rings is 1. The maximum absolute atomic E-state index is 6.14. The van der Waals surface area contributed by atoms with E-state index in [0.717, 1.165) is 24.8 Å². The molecule has 1 aliphatic rings. The third kappa shape index (κ3) is 3.60. The molecule has 0 saturated heterocycles. The fourth-order valence-corrected chi connectivity index (χ4v) is 3.51. The minimum absolute atomic E-state index is 0.362. The third-order valence-corrected chi connectivity index (χ3v) is 5.17. The van der Waals surface area contributed by atoms with Gasteiger partial charge in [0.1, 0.15) is 0 Å². The lowest BCUT2D eigenvalue weighted by atomic mass is 9.65. The average molecular weight is 259 g/mol. The van der Waals surface area contributed by atoms with E-state index < -0.39 is 0 Å². The molecule has 2 N–H and O–H groups in total. The van der Waals surface area contributed by atoms with Gasteiger partial charge in [0.15, 0.2) is 0 Å². The number of hydrogen-bond acceptors (Lipinski definition) is 1. The van der Waals surface area contributed by atoms with Gasteiger partial charge in [-0.15, -0.1) is 0 Å². The van der Waals surface area contributed by atoms with Crippen molar-refractivity contribution in [2.75, 3.05) is 6.54 Å². The Balaban J connectivity index is 2.02. The molecule has 106 valence electrons. The van der Waals surface area contributed by atoms with Crippen LogP contribution >= 0.6 is 0 Å². The Labute approximate surface area is 118 Å². The van der Waals surface area contributed by atoms with Crippen molar-refractivity contribution in [1.82, 2.24) is 0 Å². The molecule has 1 aromatic carbocycles. The molecule has 0 bridgehead atoms. The quantitative estimate of drug-likeness (QED) is 0.855. The van der Waals surface area contributed by atoms with Gasteiger partial charge in [0, 0.05) is 0 Å². The largest absolute Gasteiger partial charge is 0.330 e. The molecule has 2 rings (SSSR count). The lowest BCUT2D eigenvalue weighted by Gasteiger charge is -2.41. The van der Waals surface area contributed by atoms with E-state index in [1.165, 1.54) is 36.8 Å². The van der Waals surface area contributed by atoms with Gasteiger partial charge in [0.2, 0.25) is 0 Å². The fraction of sp³-hybridized carbons (Fsp3) is 0.667. The second kappa shape index (κ2) is 6.09. The molecule has 1 nitrogen and oxygen atoms in total. The first kappa shape index (κ1) is 14.6. The van der Waals surface area contributed by atoms with E-state index in [1.54, 1.807) is 0 Å². The van der Waals surface area contributed by atoms with Crippen LogP contribution in [0.3, 0.4) is 0 Å². The fourth-order valence-electron chi connectivity index (χ4n) is 3.51. The molecular weight excluding hydrogens is 230 g/mol. The van der Waals surface area contributed by atoms with E-state index in [-0.39, 0.29) is 0 Å². The van der Waals surface area contributed by atoms with Crippen LogP contribution in [0.2, 0.25) is 0 Å². The Morgan fingerprint density at radius 2 is 1.74 bits per heavy atom. The van der Waals surface area contributed by atoms with Crippen LogP contribution < -0.4 is 5.73 Å². The van der Waals surface area contributed by atoms with E-state index in [0.29, 0.717) is 5.41 Å². The molecule has 0 amide bonds. The van der Waals surface area contributed by atoms with Crippen molar-refractivity contribution in [3.63, 3.8) is 0 Å². The molecule has 1 saturated carbocycles. The van der Waals surface area contributed by atoms with E-state index in [4.69, 9.17) is 5.73 Å².